The minimum Gasteiger partial charge on any atom is -0.459 e. The van der Waals surface area contributed by atoms with Crippen LogP contribution in [0.2, 0.25) is 5.02 Å². The summed E-state index contributed by atoms with van der Waals surface area (Å²) in [5.41, 5.74) is 1.98. The smallest absolute Gasteiger partial charge is 0.134 e. The number of rotatable bonds is 3. The average Bonchev–Trinajstić information content (AvgIpc) is 2.80. The minimum absolute atomic E-state index is 0.659. The molecule has 0 spiro atoms. The molecule has 0 fully saturated rings. The number of hydrogen-bond donors (Lipinski definition) is 1. The molecule has 0 saturated carbocycles. The van der Waals surface area contributed by atoms with Crippen LogP contribution in [0.25, 0.3) is 11.0 Å². The Balaban J connectivity index is 1.78. The first-order valence-electron chi connectivity index (χ1n) is 5.89. The van der Waals surface area contributed by atoms with E-state index < -0.39 is 0 Å². The van der Waals surface area contributed by atoms with Crippen molar-refractivity contribution in [1.29, 1.82) is 0 Å². The molecule has 0 amide bonds. The van der Waals surface area contributed by atoms with Crippen molar-refractivity contribution in [2.45, 2.75) is 6.54 Å². The molecule has 0 aliphatic rings. The number of hydrogen-bond acceptors (Lipinski definition) is 2. The van der Waals surface area contributed by atoms with E-state index in [-0.39, 0.29) is 0 Å². The standard InChI is InChI=1S/C15H11ClINO/c16-11-5-6-14(13(17)8-11)18-9-12-7-10-3-1-2-4-15(10)19-12/h1-8,18H,9H2. The van der Waals surface area contributed by atoms with Crippen molar-refractivity contribution in [1.82, 2.24) is 0 Å². The quantitative estimate of drug-likeness (QED) is 0.621. The molecule has 0 bridgehead atoms. The van der Waals surface area contributed by atoms with Crippen molar-refractivity contribution in [2.75, 3.05) is 5.32 Å². The fourth-order valence-corrected chi connectivity index (χ4v) is 3.00. The van der Waals surface area contributed by atoms with Gasteiger partial charge in [-0.25, -0.2) is 0 Å². The summed E-state index contributed by atoms with van der Waals surface area (Å²) >= 11 is 8.20. The van der Waals surface area contributed by atoms with E-state index in [1.165, 1.54) is 0 Å². The molecule has 1 N–H and O–H groups in total. The number of benzene rings is 2. The third-order valence-electron chi connectivity index (χ3n) is 2.86. The Morgan fingerprint density at radius 1 is 1.11 bits per heavy atom. The van der Waals surface area contributed by atoms with Gasteiger partial charge in [-0.15, -0.1) is 0 Å². The van der Waals surface area contributed by atoms with E-state index >= 15 is 0 Å². The molecule has 3 rings (SSSR count). The summed E-state index contributed by atoms with van der Waals surface area (Å²) in [6, 6.07) is 15.9. The lowest BCUT2D eigenvalue weighted by Crippen LogP contribution is -1.99. The molecular formula is C15H11ClINO. The van der Waals surface area contributed by atoms with Gasteiger partial charge in [0.2, 0.25) is 0 Å². The predicted molar refractivity (Wildman–Crippen MR) is 87.7 cm³/mol. The van der Waals surface area contributed by atoms with Gasteiger partial charge in [-0.2, -0.15) is 0 Å². The lowest BCUT2D eigenvalue weighted by Gasteiger charge is -2.07. The fourth-order valence-electron chi connectivity index (χ4n) is 1.94. The summed E-state index contributed by atoms with van der Waals surface area (Å²) in [7, 11) is 0. The van der Waals surface area contributed by atoms with Crippen LogP contribution >= 0.6 is 34.2 Å². The van der Waals surface area contributed by atoms with Crippen LogP contribution < -0.4 is 5.32 Å². The maximum absolute atomic E-state index is 5.94. The molecule has 19 heavy (non-hydrogen) atoms. The number of para-hydroxylation sites is 1. The molecule has 4 heteroatoms. The van der Waals surface area contributed by atoms with Crippen LogP contribution in [0.15, 0.2) is 52.9 Å². The van der Waals surface area contributed by atoms with E-state index in [4.69, 9.17) is 16.0 Å². The molecule has 0 unspecified atom stereocenters. The molecule has 3 aromatic rings. The van der Waals surface area contributed by atoms with Gasteiger partial charge in [0.15, 0.2) is 0 Å². The van der Waals surface area contributed by atoms with Crippen molar-refractivity contribution in [3.8, 4) is 0 Å². The van der Waals surface area contributed by atoms with Crippen LogP contribution in [-0.2, 0) is 6.54 Å². The molecule has 1 heterocycles. The topological polar surface area (TPSA) is 25.2 Å². The Morgan fingerprint density at radius 2 is 1.95 bits per heavy atom. The summed E-state index contributed by atoms with van der Waals surface area (Å²) < 4.78 is 6.86. The highest BCUT2D eigenvalue weighted by Gasteiger charge is 2.04. The van der Waals surface area contributed by atoms with Gasteiger partial charge >= 0.3 is 0 Å². The first-order valence-corrected chi connectivity index (χ1v) is 7.34. The lowest BCUT2D eigenvalue weighted by molar-refractivity contribution is 0.559. The average molecular weight is 384 g/mol. The van der Waals surface area contributed by atoms with E-state index in [2.05, 4.69) is 34.0 Å². The SMILES string of the molecule is Clc1ccc(NCc2cc3ccccc3o2)c(I)c1. The molecule has 96 valence electrons. The van der Waals surface area contributed by atoms with E-state index in [1.807, 2.05) is 42.5 Å². The third-order valence-corrected chi connectivity index (χ3v) is 3.99. The van der Waals surface area contributed by atoms with Crippen molar-refractivity contribution >= 4 is 50.8 Å². The molecule has 0 aliphatic carbocycles. The number of anilines is 1. The van der Waals surface area contributed by atoms with Crippen LogP contribution in [0.5, 0.6) is 0 Å². The van der Waals surface area contributed by atoms with Crippen LogP contribution in [0.3, 0.4) is 0 Å². The molecule has 2 nitrogen and oxygen atoms in total. The Labute approximate surface area is 129 Å². The Hall–Kier alpha value is -1.20. The zero-order chi connectivity index (χ0) is 13.2. The molecule has 2 aromatic carbocycles. The highest BCUT2D eigenvalue weighted by Crippen LogP contribution is 2.24. The molecule has 0 saturated heterocycles. The fraction of sp³-hybridized carbons (Fsp3) is 0.0667. The summed E-state index contributed by atoms with van der Waals surface area (Å²) in [5, 5.41) is 5.24. The zero-order valence-electron chi connectivity index (χ0n) is 9.99. The Morgan fingerprint density at radius 3 is 2.74 bits per heavy atom. The van der Waals surface area contributed by atoms with Gasteiger partial charge < -0.3 is 9.73 Å². The minimum atomic E-state index is 0.659. The predicted octanol–water partition coefficient (Wildman–Crippen LogP) is 5.30. The van der Waals surface area contributed by atoms with E-state index in [1.54, 1.807) is 0 Å². The van der Waals surface area contributed by atoms with Gasteiger partial charge in [0.25, 0.3) is 0 Å². The molecule has 1 aromatic heterocycles. The number of nitrogens with one attached hydrogen (secondary N) is 1. The van der Waals surface area contributed by atoms with E-state index in [0.29, 0.717) is 6.54 Å². The summed E-state index contributed by atoms with van der Waals surface area (Å²) in [4.78, 5) is 0. The Kier molecular flexibility index (Phi) is 3.66. The number of furan rings is 1. The van der Waals surface area contributed by atoms with Crippen molar-refractivity contribution < 1.29 is 4.42 Å². The first kappa shape index (κ1) is 12.8. The highest BCUT2D eigenvalue weighted by molar-refractivity contribution is 14.1. The van der Waals surface area contributed by atoms with Crippen molar-refractivity contribution in [3.63, 3.8) is 0 Å². The van der Waals surface area contributed by atoms with Crippen LogP contribution in [-0.4, -0.2) is 0 Å². The van der Waals surface area contributed by atoms with Gasteiger partial charge in [0, 0.05) is 19.7 Å². The van der Waals surface area contributed by atoms with Crippen molar-refractivity contribution in [3.05, 3.63) is 62.9 Å². The highest BCUT2D eigenvalue weighted by atomic mass is 127. The summed E-state index contributed by atoms with van der Waals surface area (Å²) in [5.74, 6) is 0.923. The third kappa shape index (κ3) is 2.87. The van der Waals surface area contributed by atoms with E-state index in [0.717, 1.165) is 31.0 Å². The van der Waals surface area contributed by atoms with Gasteiger partial charge in [0.05, 0.1) is 6.54 Å². The normalized spacial score (nSPS) is 10.8. The first-order chi connectivity index (χ1) is 9.22. The second-order valence-electron chi connectivity index (χ2n) is 4.23. The monoisotopic (exact) mass is 383 g/mol. The molecule has 0 radical (unpaired) electrons. The Bertz CT molecular complexity index is 690. The lowest BCUT2D eigenvalue weighted by atomic mass is 10.2. The second-order valence-corrected chi connectivity index (χ2v) is 5.83. The van der Waals surface area contributed by atoms with Crippen LogP contribution in [0.1, 0.15) is 5.76 Å². The molecular weight excluding hydrogens is 373 g/mol. The second kappa shape index (κ2) is 5.43. The van der Waals surface area contributed by atoms with Crippen LogP contribution in [0.4, 0.5) is 5.69 Å². The zero-order valence-corrected chi connectivity index (χ0v) is 12.9. The number of fused-ring (bicyclic) bond motifs is 1. The van der Waals surface area contributed by atoms with Gasteiger partial charge in [-0.3, -0.25) is 0 Å². The van der Waals surface area contributed by atoms with Gasteiger partial charge in [-0.05, 0) is 52.9 Å². The maximum Gasteiger partial charge on any atom is 0.134 e. The largest absolute Gasteiger partial charge is 0.459 e. The summed E-state index contributed by atoms with van der Waals surface area (Å²) in [6.45, 7) is 0.659. The van der Waals surface area contributed by atoms with Gasteiger partial charge in [0.1, 0.15) is 11.3 Å². The van der Waals surface area contributed by atoms with Crippen molar-refractivity contribution in [2.24, 2.45) is 0 Å². The molecule has 0 atom stereocenters. The number of halogens is 2. The van der Waals surface area contributed by atoms with Crippen LogP contribution in [0, 0.1) is 3.57 Å². The van der Waals surface area contributed by atoms with E-state index in [9.17, 15) is 0 Å². The van der Waals surface area contributed by atoms with Gasteiger partial charge in [-0.1, -0.05) is 29.8 Å². The molecule has 0 aliphatic heterocycles. The summed E-state index contributed by atoms with van der Waals surface area (Å²) in [6.07, 6.45) is 0. The maximum atomic E-state index is 5.94.